The molecule has 1 aromatic rings. The number of ketones is 4. The molecule has 46 heavy (non-hydrogen) atoms. The van der Waals surface area contributed by atoms with Gasteiger partial charge in [0.1, 0.15) is 5.75 Å². The van der Waals surface area contributed by atoms with E-state index >= 15 is 0 Å². The first-order valence-electron chi connectivity index (χ1n) is 16.0. The number of nitrogens with two attached hydrogens (primary N) is 1. The third-order valence-corrected chi connectivity index (χ3v) is 11.5. The third kappa shape index (κ3) is 4.77. The minimum Gasteiger partial charge on any atom is -0.505 e. The van der Waals surface area contributed by atoms with Gasteiger partial charge in [-0.2, -0.15) is 0 Å². The van der Waals surface area contributed by atoms with Crippen molar-refractivity contribution in [3.05, 3.63) is 17.2 Å². The van der Waals surface area contributed by atoms with Crippen molar-refractivity contribution in [1.82, 2.24) is 9.80 Å². The molecule has 4 aliphatic carbocycles. The van der Waals surface area contributed by atoms with Gasteiger partial charge in [-0.05, 0) is 88.7 Å². The molecule has 13 heteroatoms. The summed E-state index contributed by atoms with van der Waals surface area (Å²) in [5.74, 6) is -11.5. The van der Waals surface area contributed by atoms with E-state index in [2.05, 4.69) is 10.2 Å². The molecule has 5 N–H and O–H groups in total. The van der Waals surface area contributed by atoms with Crippen molar-refractivity contribution in [3.8, 4) is 5.75 Å². The number of phenols is 1. The second-order valence-electron chi connectivity index (χ2n) is 14.5. The predicted molar refractivity (Wildman–Crippen MR) is 166 cm³/mol. The van der Waals surface area contributed by atoms with Crippen molar-refractivity contribution >= 4 is 46.3 Å². The number of likely N-dealkylation sites (tertiary alicyclic amines) is 1. The maximum atomic E-state index is 14.2. The van der Waals surface area contributed by atoms with Crippen LogP contribution in [-0.2, 0) is 30.4 Å². The van der Waals surface area contributed by atoms with Gasteiger partial charge < -0.3 is 26.2 Å². The van der Waals surface area contributed by atoms with E-state index in [-0.39, 0.29) is 36.5 Å². The second kappa shape index (κ2) is 11.2. The summed E-state index contributed by atoms with van der Waals surface area (Å²) in [7, 11) is 6.61. The summed E-state index contributed by atoms with van der Waals surface area (Å²) in [4.78, 5) is 85.8. The van der Waals surface area contributed by atoms with Gasteiger partial charge >= 0.3 is 0 Å². The smallest absolute Gasteiger partial charge is 0.238 e. The molecular formula is C33H43N5O8. The van der Waals surface area contributed by atoms with E-state index in [4.69, 9.17) is 5.73 Å². The Morgan fingerprint density at radius 2 is 1.70 bits per heavy atom. The fraction of sp³-hybridized carbons (Fsp3) is 0.636. The molecule has 0 radical (unpaired) electrons. The van der Waals surface area contributed by atoms with Crippen LogP contribution in [0.5, 0.6) is 5.75 Å². The molecule has 4 fully saturated rings. The molecule has 0 aromatic heterocycles. The first-order valence-corrected chi connectivity index (χ1v) is 16.0. The standard InChI is InChI=1S/C33H43N5O8/c1-36(2)20-14-19(35-21(39)15-38-10-8-32(9-11-38)6-5-7-32)26(40)23-17(20)12-16-13-18-25(37(3)4)28(42)24(31(34)45)30(44)33(18,46)29(43)22(16)27(23)41/h14,16,18,22,24-25,40,46H,5-13,15H2,1-4H3,(H2,34,45)(H,35,39)/t16-,18-,22?,24?,25-,33-/m0/s1. The number of nitrogens with zero attached hydrogens (tertiary/aromatic N) is 3. The molecule has 1 aromatic carbocycles. The Balaban J connectivity index is 1.32. The summed E-state index contributed by atoms with van der Waals surface area (Å²) in [6, 6.07) is 0.439. The quantitative estimate of drug-likeness (QED) is 0.245. The largest absolute Gasteiger partial charge is 0.505 e. The molecule has 0 bridgehead atoms. The Hall–Kier alpha value is -3.68. The van der Waals surface area contributed by atoms with Crippen LogP contribution in [0.15, 0.2) is 6.07 Å². The Bertz CT molecular complexity index is 1540. The topological polar surface area (TPSA) is 191 Å². The summed E-state index contributed by atoms with van der Waals surface area (Å²) < 4.78 is 0. The Morgan fingerprint density at radius 3 is 2.24 bits per heavy atom. The number of amides is 2. The molecule has 2 unspecified atom stereocenters. The number of phenolic OH excluding ortho intramolecular Hbond substituents is 1. The Morgan fingerprint density at radius 1 is 1.04 bits per heavy atom. The van der Waals surface area contributed by atoms with E-state index in [0.717, 1.165) is 25.9 Å². The number of fused-ring (bicyclic) bond motifs is 3. The maximum Gasteiger partial charge on any atom is 0.238 e. The van der Waals surface area contributed by atoms with Crippen molar-refractivity contribution in [2.75, 3.05) is 58.0 Å². The molecule has 6 rings (SSSR count). The molecule has 1 aliphatic heterocycles. The van der Waals surface area contributed by atoms with Gasteiger partial charge in [-0.1, -0.05) is 6.42 Å². The highest BCUT2D eigenvalue weighted by atomic mass is 16.3. The number of carbonyl (C=O) groups is 6. The second-order valence-corrected chi connectivity index (χ2v) is 14.5. The molecular weight excluding hydrogens is 594 g/mol. The van der Waals surface area contributed by atoms with Crippen LogP contribution in [0.2, 0.25) is 0 Å². The van der Waals surface area contributed by atoms with Gasteiger partial charge in [0.25, 0.3) is 0 Å². The highest BCUT2D eigenvalue weighted by molar-refractivity contribution is 6.32. The maximum absolute atomic E-state index is 14.2. The van der Waals surface area contributed by atoms with Crippen molar-refractivity contribution in [2.45, 2.75) is 56.6 Å². The van der Waals surface area contributed by atoms with Crippen molar-refractivity contribution < 1.29 is 39.0 Å². The van der Waals surface area contributed by atoms with E-state index < -0.39 is 70.1 Å². The SMILES string of the molecule is CN(C)c1cc(NC(=O)CN2CCC3(CCC3)CC2)c(O)c2c1C[C@H]1C[C@H]3[C@H](N(C)C)C(=O)C(C(N)=O)C(=O)[C@@]3(O)C(=O)C1C2=O. The van der Waals surface area contributed by atoms with E-state index in [1.807, 2.05) is 0 Å². The fourth-order valence-corrected chi connectivity index (χ4v) is 8.90. The molecule has 5 aliphatic rings. The number of rotatable bonds is 6. The molecule has 13 nitrogen and oxygen atoms in total. The monoisotopic (exact) mass is 637 g/mol. The molecule has 2 amide bonds. The number of anilines is 2. The van der Waals surface area contributed by atoms with Gasteiger partial charge in [0.05, 0.1) is 29.8 Å². The normalized spacial score (nSPS) is 32.0. The fourth-order valence-electron chi connectivity index (χ4n) is 8.90. The number of aliphatic hydroxyl groups is 1. The van der Waals surface area contributed by atoms with Gasteiger partial charge in [0.15, 0.2) is 34.7 Å². The molecule has 1 saturated heterocycles. The minimum atomic E-state index is -2.80. The number of Topliss-reactive ketones (excluding diaryl/α,β-unsaturated/α-hetero) is 4. The summed E-state index contributed by atoms with van der Waals surface area (Å²) in [5, 5.41) is 26.0. The van der Waals surface area contributed by atoms with Crippen LogP contribution in [0.25, 0.3) is 0 Å². The highest BCUT2D eigenvalue weighted by Crippen LogP contribution is 2.53. The van der Waals surface area contributed by atoms with Gasteiger partial charge in [0, 0.05) is 25.7 Å². The summed E-state index contributed by atoms with van der Waals surface area (Å²) in [6.07, 6.45) is 5.96. The van der Waals surface area contributed by atoms with Crippen molar-refractivity contribution in [1.29, 1.82) is 0 Å². The third-order valence-electron chi connectivity index (χ3n) is 11.5. The molecule has 1 heterocycles. The first-order chi connectivity index (χ1) is 21.6. The van der Waals surface area contributed by atoms with Crippen LogP contribution in [0, 0.1) is 29.1 Å². The number of aromatic hydroxyl groups is 1. The number of primary amides is 1. The molecule has 248 valence electrons. The summed E-state index contributed by atoms with van der Waals surface area (Å²) in [6.45, 7) is 1.76. The van der Waals surface area contributed by atoms with E-state index in [1.54, 1.807) is 39.2 Å². The number of hydrogen-bond acceptors (Lipinski definition) is 11. The highest BCUT2D eigenvalue weighted by Gasteiger charge is 2.69. The van der Waals surface area contributed by atoms with Crippen LogP contribution < -0.4 is 16.0 Å². The van der Waals surface area contributed by atoms with E-state index in [1.165, 1.54) is 24.2 Å². The van der Waals surface area contributed by atoms with Gasteiger partial charge in [0.2, 0.25) is 11.8 Å². The zero-order chi connectivity index (χ0) is 33.5. The van der Waals surface area contributed by atoms with Crippen LogP contribution >= 0.6 is 0 Å². The Labute approximate surface area is 267 Å². The van der Waals surface area contributed by atoms with Gasteiger partial charge in [-0.3, -0.25) is 38.6 Å². The number of piperidine rings is 1. The van der Waals surface area contributed by atoms with Crippen LogP contribution in [0.4, 0.5) is 11.4 Å². The number of likely N-dealkylation sites (N-methyl/N-ethyl adjacent to an activating group) is 1. The van der Waals surface area contributed by atoms with Crippen LogP contribution in [-0.4, -0.2) is 114 Å². The molecule has 3 saturated carbocycles. The zero-order valence-corrected chi connectivity index (χ0v) is 26.8. The van der Waals surface area contributed by atoms with Crippen molar-refractivity contribution in [2.24, 2.45) is 34.8 Å². The van der Waals surface area contributed by atoms with E-state index in [9.17, 15) is 39.0 Å². The lowest BCUT2D eigenvalue weighted by Gasteiger charge is -2.52. The lowest BCUT2D eigenvalue weighted by atomic mass is 9.52. The van der Waals surface area contributed by atoms with Crippen LogP contribution in [0.1, 0.15) is 54.4 Å². The number of benzene rings is 1. The predicted octanol–water partition coefficient (Wildman–Crippen LogP) is 0.138. The zero-order valence-electron chi connectivity index (χ0n) is 26.8. The molecule has 6 atom stereocenters. The molecule has 1 spiro atoms. The van der Waals surface area contributed by atoms with E-state index in [0.29, 0.717) is 16.7 Å². The summed E-state index contributed by atoms with van der Waals surface area (Å²) in [5.41, 5.74) is 3.92. The van der Waals surface area contributed by atoms with Crippen LogP contribution in [0.3, 0.4) is 0 Å². The Kier molecular flexibility index (Phi) is 7.88. The van der Waals surface area contributed by atoms with Crippen molar-refractivity contribution in [3.63, 3.8) is 0 Å². The lowest BCUT2D eigenvalue weighted by molar-refractivity contribution is -0.181. The number of hydrogen-bond donors (Lipinski definition) is 4. The van der Waals surface area contributed by atoms with Gasteiger partial charge in [-0.25, -0.2) is 0 Å². The average molecular weight is 638 g/mol. The first kappa shape index (κ1) is 32.3. The number of nitrogens with one attached hydrogen (secondary N) is 1. The lowest BCUT2D eigenvalue weighted by Crippen LogP contribution is -2.74. The summed E-state index contributed by atoms with van der Waals surface area (Å²) >= 11 is 0. The number of carbonyl (C=O) groups excluding carboxylic acids is 6. The van der Waals surface area contributed by atoms with Gasteiger partial charge in [-0.15, -0.1) is 0 Å². The average Bonchev–Trinajstić information content (AvgIpc) is 2.95. The minimum absolute atomic E-state index is 0.0207.